The smallest absolute Gasteiger partial charge is 0.0733 e. The van der Waals surface area contributed by atoms with Gasteiger partial charge in [-0.1, -0.05) is 52.0 Å². The number of benzene rings is 1. The maximum absolute atomic E-state index is 4.55. The summed E-state index contributed by atoms with van der Waals surface area (Å²) >= 11 is 0. The van der Waals surface area contributed by atoms with Gasteiger partial charge >= 0.3 is 0 Å². The van der Waals surface area contributed by atoms with Crippen LogP contribution in [0.25, 0.3) is 10.9 Å². The summed E-state index contributed by atoms with van der Waals surface area (Å²) in [4.78, 5) is 4.55. The van der Waals surface area contributed by atoms with Crippen molar-refractivity contribution in [3.63, 3.8) is 0 Å². The van der Waals surface area contributed by atoms with Gasteiger partial charge in [0.2, 0.25) is 0 Å². The van der Waals surface area contributed by atoms with Gasteiger partial charge in [-0.15, -0.1) is 0 Å². The lowest BCUT2D eigenvalue weighted by Gasteiger charge is -2.31. The highest BCUT2D eigenvalue weighted by Gasteiger charge is 2.23. The monoisotopic (exact) mass is 270 g/mol. The predicted molar refractivity (Wildman–Crippen MR) is 87.0 cm³/mol. The maximum atomic E-state index is 4.55. The standard InChI is InChI=1S/C18H26N2/c1-5-19-16(18(2,3)4)12-11-15-9-6-8-14-10-7-13-20-17(14)15/h6-10,13,16,19H,5,11-12H2,1-4H3. The summed E-state index contributed by atoms with van der Waals surface area (Å²) in [6.07, 6.45) is 4.10. The average molecular weight is 270 g/mol. The molecule has 0 aliphatic carbocycles. The second-order valence-corrected chi connectivity index (χ2v) is 6.51. The van der Waals surface area contributed by atoms with Gasteiger partial charge in [0.1, 0.15) is 0 Å². The highest BCUT2D eigenvalue weighted by Crippen LogP contribution is 2.25. The Hall–Kier alpha value is -1.41. The Labute approximate surface area is 122 Å². The number of hydrogen-bond donors (Lipinski definition) is 1. The van der Waals surface area contributed by atoms with Gasteiger partial charge in [0.15, 0.2) is 0 Å². The molecule has 2 nitrogen and oxygen atoms in total. The van der Waals surface area contributed by atoms with Crippen molar-refractivity contribution in [1.82, 2.24) is 10.3 Å². The fraction of sp³-hybridized carbons (Fsp3) is 0.500. The van der Waals surface area contributed by atoms with Crippen LogP contribution in [0.1, 0.15) is 39.7 Å². The van der Waals surface area contributed by atoms with Gasteiger partial charge in [-0.2, -0.15) is 0 Å². The zero-order valence-corrected chi connectivity index (χ0v) is 13.1. The number of nitrogens with one attached hydrogen (secondary N) is 1. The first kappa shape index (κ1) is 15.0. The number of pyridine rings is 1. The number of nitrogens with zero attached hydrogens (tertiary/aromatic N) is 1. The first-order valence-electron chi connectivity index (χ1n) is 7.58. The molecule has 1 N–H and O–H groups in total. The van der Waals surface area contributed by atoms with E-state index in [1.165, 1.54) is 10.9 Å². The van der Waals surface area contributed by atoms with E-state index in [0.29, 0.717) is 6.04 Å². The summed E-state index contributed by atoms with van der Waals surface area (Å²) < 4.78 is 0. The summed E-state index contributed by atoms with van der Waals surface area (Å²) in [6, 6.07) is 11.2. The van der Waals surface area contributed by atoms with Crippen LogP contribution in [0.3, 0.4) is 0 Å². The first-order valence-corrected chi connectivity index (χ1v) is 7.58. The molecule has 0 bridgehead atoms. The van der Waals surface area contributed by atoms with Gasteiger partial charge in [-0.05, 0) is 36.4 Å². The molecule has 0 saturated carbocycles. The van der Waals surface area contributed by atoms with E-state index >= 15 is 0 Å². The zero-order chi connectivity index (χ0) is 14.6. The van der Waals surface area contributed by atoms with Crippen LogP contribution in [-0.2, 0) is 6.42 Å². The van der Waals surface area contributed by atoms with Crippen molar-refractivity contribution in [2.24, 2.45) is 5.41 Å². The fourth-order valence-electron chi connectivity index (χ4n) is 2.76. The molecule has 20 heavy (non-hydrogen) atoms. The maximum Gasteiger partial charge on any atom is 0.0733 e. The topological polar surface area (TPSA) is 24.9 Å². The third-order valence-electron chi connectivity index (χ3n) is 3.91. The number of aromatic nitrogens is 1. The van der Waals surface area contributed by atoms with E-state index in [2.05, 4.69) is 62.3 Å². The normalized spacial score (nSPS) is 13.6. The number of para-hydroxylation sites is 1. The summed E-state index contributed by atoms with van der Waals surface area (Å²) in [5.41, 5.74) is 2.79. The minimum Gasteiger partial charge on any atom is -0.314 e. The lowest BCUT2D eigenvalue weighted by molar-refractivity contribution is 0.258. The molecule has 2 rings (SSSR count). The minimum atomic E-state index is 0.286. The van der Waals surface area contributed by atoms with E-state index in [0.717, 1.165) is 24.9 Å². The Bertz CT molecular complexity index is 549. The largest absolute Gasteiger partial charge is 0.314 e. The molecule has 0 aliphatic rings. The van der Waals surface area contributed by atoms with Crippen LogP contribution in [0.15, 0.2) is 36.5 Å². The van der Waals surface area contributed by atoms with Crippen molar-refractivity contribution in [1.29, 1.82) is 0 Å². The Morgan fingerprint density at radius 2 is 1.90 bits per heavy atom. The molecular formula is C18H26N2. The number of rotatable bonds is 5. The molecule has 0 radical (unpaired) electrons. The number of fused-ring (bicyclic) bond motifs is 1. The highest BCUT2D eigenvalue weighted by molar-refractivity contribution is 5.81. The first-order chi connectivity index (χ1) is 9.52. The van der Waals surface area contributed by atoms with Crippen molar-refractivity contribution in [2.75, 3.05) is 6.54 Å². The van der Waals surface area contributed by atoms with Crippen LogP contribution < -0.4 is 5.32 Å². The third-order valence-corrected chi connectivity index (χ3v) is 3.91. The van der Waals surface area contributed by atoms with Gasteiger partial charge < -0.3 is 5.32 Å². The summed E-state index contributed by atoms with van der Waals surface area (Å²) in [5, 5.41) is 4.86. The van der Waals surface area contributed by atoms with E-state index in [1.54, 1.807) is 0 Å². The van der Waals surface area contributed by atoms with Gasteiger partial charge in [0, 0.05) is 17.6 Å². The second-order valence-electron chi connectivity index (χ2n) is 6.51. The molecule has 2 aromatic rings. The van der Waals surface area contributed by atoms with Gasteiger partial charge in [-0.3, -0.25) is 4.98 Å². The van der Waals surface area contributed by atoms with E-state index < -0.39 is 0 Å². The fourth-order valence-corrected chi connectivity index (χ4v) is 2.76. The Kier molecular flexibility index (Phi) is 4.77. The Morgan fingerprint density at radius 1 is 1.15 bits per heavy atom. The minimum absolute atomic E-state index is 0.286. The van der Waals surface area contributed by atoms with Crippen molar-refractivity contribution in [2.45, 2.75) is 46.6 Å². The SMILES string of the molecule is CCNC(CCc1cccc2cccnc12)C(C)(C)C. The van der Waals surface area contributed by atoms with Crippen molar-refractivity contribution in [3.8, 4) is 0 Å². The molecule has 0 spiro atoms. The van der Waals surface area contributed by atoms with Gasteiger partial charge in [0.05, 0.1) is 5.52 Å². The summed E-state index contributed by atoms with van der Waals surface area (Å²) in [7, 11) is 0. The molecule has 1 unspecified atom stereocenters. The number of aryl methyl sites for hydroxylation is 1. The van der Waals surface area contributed by atoms with Gasteiger partial charge in [0.25, 0.3) is 0 Å². The lowest BCUT2D eigenvalue weighted by Crippen LogP contribution is -2.40. The van der Waals surface area contributed by atoms with Crippen molar-refractivity contribution >= 4 is 10.9 Å². The lowest BCUT2D eigenvalue weighted by atomic mass is 9.83. The van der Waals surface area contributed by atoms with Crippen molar-refractivity contribution < 1.29 is 0 Å². The Morgan fingerprint density at radius 3 is 2.60 bits per heavy atom. The van der Waals surface area contributed by atoms with Crippen LogP contribution >= 0.6 is 0 Å². The van der Waals surface area contributed by atoms with Crippen LogP contribution in [0.5, 0.6) is 0 Å². The zero-order valence-electron chi connectivity index (χ0n) is 13.1. The van der Waals surface area contributed by atoms with E-state index in [1.807, 2.05) is 12.3 Å². The molecule has 0 saturated heterocycles. The second kappa shape index (κ2) is 6.36. The van der Waals surface area contributed by atoms with E-state index in [-0.39, 0.29) is 5.41 Å². The average Bonchev–Trinajstić information content (AvgIpc) is 2.42. The summed E-state index contributed by atoms with van der Waals surface area (Å²) in [5.74, 6) is 0. The molecule has 1 heterocycles. The van der Waals surface area contributed by atoms with E-state index in [9.17, 15) is 0 Å². The highest BCUT2D eigenvalue weighted by atomic mass is 14.9. The number of hydrogen-bond acceptors (Lipinski definition) is 2. The van der Waals surface area contributed by atoms with Gasteiger partial charge in [-0.25, -0.2) is 0 Å². The molecule has 1 aromatic heterocycles. The molecule has 0 aliphatic heterocycles. The van der Waals surface area contributed by atoms with E-state index in [4.69, 9.17) is 0 Å². The van der Waals surface area contributed by atoms with Crippen LogP contribution in [0.2, 0.25) is 0 Å². The van der Waals surface area contributed by atoms with Crippen LogP contribution in [0.4, 0.5) is 0 Å². The molecule has 0 fully saturated rings. The third kappa shape index (κ3) is 3.57. The van der Waals surface area contributed by atoms with Crippen LogP contribution in [0, 0.1) is 5.41 Å². The Balaban J connectivity index is 2.16. The van der Waals surface area contributed by atoms with Crippen LogP contribution in [-0.4, -0.2) is 17.6 Å². The molecule has 108 valence electrons. The van der Waals surface area contributed by atoms with Crippen molar-refractivity contribution in [3.05, 3.63) is 42.1 Å². The molecule has 1 aromatic carbocycles. The predicted octanol–water partition coefficient (Wildman–Crippen LogP) is 4.19. The molecular weight excluding hydrogens is 244 g/mol. The molecule has 2 heteroatoms. The summed E-state index contributed by atoms with van der Waals surface area (Å²) in [6.45, 7) is 10.1. The quantitative estimate of drug-likeness (QED) is 0.881. The molecule has 1 atom stereocenters. The molecule has 0 amide bonds.